The summed E-state index contributed by atoms with van der Waals surface area (Å²) >= 11 is 0. The summed E-state index contributed by atoms with van der Waals surface area (Å²) in [5.41, 5.74) is 0. The fraction of sp³-hybridized carbons (Fsp3) is 0.909. The van der Waals surface area contributed by atoms with Crippen molar-refractivity contribution in [3.63, 3.8) is 0 Å². The third kappa shape index (κ3) is 0.266. The van der Waals surface area contributed by atoms with E-state index in [4.69, 9.17) is 4.74 Å². The van der Waals surface area contributed by atoms with Crippen molar-refractivity contribution in [1.82, 2.24) is 0 Å². The summed E-state index contributed by atoms with van der Waals surface area (Å²) in [6.07, 6.45) is 1.09. The van der Waals surface area contributed by atoms with Gasteiger partial charge in [-0.1, -0.05) is 0 Å². The standard InChI is InChI=1S/C11H10O2/c12-9-3-1-2-4(9)8-7(3)10-5(1)6(2)11(8)13-10/h1-8,10-11H. The summed E-state index contributed by atoms with van der Waals surface area (Å²) in [6.45, 7) is 0. The first-order valence-electron chi connectivity index (χ1n) is 5.59. The van der Waals surface area contributed by atoms with E-state index in [9.17, 15) is 4.79 Å². The molecule has 5 aliphatic carbocycles. The van der Waals surface area contributed by atoms with Crippen LogP contribution in [0.5, 0.6) is 0 Å². The van der Waals surface area contributed by atoms with Crippen LogP contribution < -0.4 is 0 Å². The third-order valence-corrected chi connectivity index (χ3v) is 6.37. The number of hydrogen-bond acceptors (Lipinski definition) is 2. The maximum atomic E-state index is 12.0. The Bertz CT molecular complexity index is 352. The lowest BCUT2D eigenvalue weighted by molar-refractivity contribution is -0.122. The van der Waals surface area contributed by atoms with Crippen LogP contribution in [0.25, 0.3) is 0 Å². The molecule has 7 aliphatic rings. The molecule has 4 bridgehead atoms. The Kier molecular flexibility index (Phi) is 0.491. The Morgan fingerprint density at radius 1 is 0.769 bits per heavy atom. The van der Waals surface area contributed by atoms with Crippen LogP contribution >= 0.6 is 0 Å². The topological polar surface area (TPSA) is 26.3 Å². The molecule has 0 aromatic carbocycles. The molecule has 13 heavy (non-hydrogen) atoms. The van der Waals surface area contributed by atoms with Gasteiger partial charge in [0.15, 0.2) is 0 Å². The van der Waals surface area contributed by atoms with Crippen molar-refractivity contribution >= 4 is 5.78 Å². The van der Waals surface area contributed by atoms with Crippen LogP contribution in [-0.2, 0) is 9.53 Å². The SMILES string of the molecule is O=C1C2C3C4OC5C3C1C1C5C4C21. The molecule has 5 saturated carbocycles. The van der Waals surface area contributed by atoms with Crippen LogP contribution in [0.1, 0.15) is 0 Å². The van der Waals surface area contributed by atoms with Gasteiger partial charge in [-0.25, -0.2) is 0 Å². The number of carbonyl (C=O) groups is 1. The molecule has 2 saturated heterocycles. The molecule has 2 heteroatoms. The second kappa shape index (κ2) is 1.16. The van der Waals surface area contributed by atoms with Crippen LogP contribution in [0.15, 0.2) is 0 Å². The van der Waals surface area contributed by atoms with Crippen molar-refractivity contribution in [2.75, 3.05) is 0 Å². The quantitative estimate of drug-likeness (QED) is 0.528. The maximum Gasteiger partial charge on any atom is 0.140 e. The summed E-state index contributed by atoms with van der Waals surface area (Å²) in [5.74, 6) is 6.33. The normalized spacial score (nSPS) is 87.8. The summed E-state index contributed by atoms with van der Waals surface area (Å²) in [4.78, 5) is 12.0. The van der Waals surface area contributed by atoms with Crippen LogP contribution in [0.4, 0.5) is 0 Å². The molecule has 0 amide bonds. The molecule has 66 valence electrons. The largest absolute Gasteiger partial charge is 0.374 e. The molecule has 0 aromatic heterocycles. The van der Waals surface area contributed by atoms with Gasteiger partial charge in [-0.15, -0.1) is 0 Å². The van der Waals surface area contributed by atoms with Gasteiger partial charge >= 0.3 is 0 Å². The predicted molar refractivity (Wildman–Crippen MR) is 41.6 cm³/mol. The van der Waals surface area contributed by atoms with Crippen molar-refractivity contribution in [1.29, 1.82) is 0 Å². The van der Waals surface area contributed by atoms with Crippen molar-refractivity contribution in [2.45, 2.75) is 12.2 Å². The molecule has 2 nitrogen and oxygen atoms in total. The smallest absolute Gasteiger partial charge is 0.140 e. The Hall–Kier alpha value is -0.370. The summed E-state index contributed by atoms with van der Waals surface area (Å²) in [6, 6.07) is 0. The highest BCUT2D eigenvalue weighted by Crippen LogP contribution is 2.86. The van der Waals surface area contributed by atoms with Gasteiger partial charge in [-0.05, 0) is 23.7 Å². The van der Waals surface area contributed by atoms with Crippen LogP contribution in [0, 0.1) is 47.3 Å². The Morgan fingerprint density at radius 3 is 1.85 bits per heavy atom. The molecule has 0 spiro atoms. The minimum absolute atomic E-state index is 0.485. The average Bonchev–Trinajstić information content (AvgIpc) is 2.65. The zero-order valence-electron chi connectivity index (χ0n) is 7.09. The fourth-order valence-corrected chi connectivity index (χ4v) is 6.59. The highest BCUT2D eigenvalue weighted by atomic mass is 16.5. The van der Waals surface area contributed by atoms with E-state index in [1.165, 1.54) is 0 Å². The van der Waals surface area contributed by atoms with Crippen molar-refractivity contribution in [3.05, 3.63) is 0 Å². The van der Waals surface area contributed by atoms with E-state index in [1.54, 1.807) is 0 Å². The average molecular weight is 174 g/mol. The first kappa shape index (κ1) is 5.50. The van der Waals surface area contributed by atoms with Crippen LogP contribution in [0.2, 0.25) is 0 Å². The van der Waals surface area contributed by atoms with E-state index in [0.29, 0.717) is 41.7 Å². The molecular weight excluding hydrogens is 164 g/mol. The number of ketones is 1. The lowest BCUT2D eigenvalue weighted by Crippen LogP contribution is -2.43. The zero-order valence-corrected chi connectivity index (χ0v) is 7.09. The number of Topliss-reactive ketones (excluding diaryl/α,β-unsaturated/α-hetero) is 1. The molecule has 0 aromatic rings. The highest BCUT2D eigenvalue weighted by molar-refractivity contribution is 5.92. The second-order valence-electron chi connectivity index (χ2n) is 5.98. The monoisotopic (exact) mass is 174 g/mol. The van der Waals surface area contributed by atoms with Gasteiger partial charge in [0.1, 0.15) is 5.78 Å². The molecule has 10 atom stereocenters. The minimum atomic E-state index is 0.485. The molecule has 2 aliphatic heterocycles. The van der Waals surface area contributed by atoms with Gasteiger partial charge in [0, 0.05) is 23.7 Å². The van der Waals surface area contributed by atoms with E-state index in [-0.39, 0.29) is 0 Å². The zero-order chi connectivity index (χ0) is 8.06. The van der Waals surface area contributed by atoms with Gasteiger partial charge in [0.25, 0.3) is 0 Å². The van der Waals surface area contributed by atoms with E-state index in [0.717, 1.165) is 23.7 Å². The first-order valence-corrected chi connectivity index (χ1v) is 5.59. The summed E-state index contributed by atoms with van der Waals surface area (Å²) in [7, 11) is 0. The van der Waals surface area contributed by atoms with E-state index in [2.05, 4.69) is 0 Å². The van der Waals surface area contributed by atoms with Gasteiger partial charge in [-0.3, -0.25) is 4.79 Å². The van der Waals surface area contributed by atoms with Crippen molar-refractivity contribution in [2.24, 2.45) is 47.3 Å². The summed E-state index contributed by atoms with van der Waals surface area (Å²) < 4.78 is 6.06. The van der Waals surface area contributed by atoms with Gasteiger partial charge in [0.2, 0.25) is 0 Å². The Morgan fingerprint density at radius 2 is 1.31 bits per heavy atom. The Labute approximate surface area is 75.6 Å². The van der Waals surface area contributed by atoms with Crippen molar-refractivity contribution in [3.8, 4) is 0 Å². The van der Waals surface area contributed by atoms with E-state index >= 15 is 0 Å². The lowest BCUT2D eigenvalue weighted by Gasteiger charge is -2.42. The molecule has 2 heterocycles. The minimum Gasteiger partial charge on any atom is -0.374 e. The number of ether oxygens (including phenoxy) is 1. The van der Waals surface area contributed by atoms with Crippen LogP contribution in [0.3, 0.4) is 0 Å². The molecule has 7 rings (SSSR count). The molecule has 7 fully saturated rings. The van der Waals surface area contributed by atoms with Crippen molar-refractivity contribution < 1.29 is 9.53 Å². The van der Waals surface area contributed by atoms with Gasteiger partial charge in [-0.2, -0.15) is 0 Å². The number of rotatable bonds is 0. The van der Waals surface area contributed by atoms with Gasteiger partial charge in [0.05, 0.1) is 12.2 Å². The molecule has 10 unspecified atom stereocenters. The lowest BCUT2D eigenvalue weighted by atomic mass is 9.60. The number of carbonyl (C=O) groups excluding carboxylic acids is 1. The summed E-state index contributed by atoms with van der Waals surface area (Å²) in [5, 5.41) is 0. The fourth-order valence-electron chi connectivity index (χ4n) is 6.59. The van der Waals surface area contributed by atoms with Crippen LogP contribution in [-0.4, -0.2) is 18.0 Å². The molecule has 0 radical (unpaired) electrons. The third-order valence-electron chi connectivity index (χ3n) is 6.37. The number of hydrogen-bond donors (Lipinski definition) is 0. The maximum absolute atomic E-state index is 12.0. The molecular formula is C11H10O2. The van der Waals surface area contributed by atoms with Gasteiger partial charge < -0.3 is 4.74 Å². The van der Waals surface area contributed by atoms with E-state index in [1.807, 2.05) is 0 Å². The predicted octanol–water partition coefficient (Wildman–Crippen LogP) is 0.321. The highest BCUT2D eigenvalue weighted by Gasteiger charge is 2.90. The first-order chi connectivity index (χ1) is 6.39. The Balaban J connectivity index is 1.84. The van der Waals surface area contributed by atoms with E-state index < -0.39 is 0 Å². The second-order valence-corrected chi connectivity index (χ2v) is 5.98. The molecule has 0 N–H and O–H groups in total.